The number of aromatic carboxylic acids is 1. The number of methoxy groups -OCH3 is 2. The number of carbonyl (C=O) groups is 1. The molecule has 0 saturated carbocycles. The van der Waals surface area contributed by atoms with Crippen molar-refractivity contribution in [3.8, 4) is 11.5 Å². The van der Waals surface area contributed by atoms with Crippen molar-refractivity contribution in [3.05, 3.63) is 83.9 Å². The minimum absolute atomic E-state index is 0.0308. The molecule has 0 atom stereocenters. The first-order chi connectivity index (χ1) is 16.9. The minimum Gasteiger partial charge on any atom is -0.497 e. The van der Waals surface area contributed by atoms with E-state index >= 15 is 0 Å². The van der Waals surface area contributed by atoms with Crippen LogP contribution in [0.25, 0.3) is 0 Å². The third-order valence-corrected chi connectivity index (χ3v) is 6.78. The molecule has 1 N–H and O–H groups in total. The molecule has 0 heterocycles. The number of rotatable bonds is 13. The normalized spacial score (nSPS) is 11.1. The Kier molecular flexibility index (Phi) is 9.07. The highest BCUT2D eigenvalue weighted by molar-refractivity contribution is 7.92. The van der Waals surface area contributed by atoms with Crippen LogP contribution < -0.4 is 13.8 Å². The van der Waals surface area contributed by atoms with Gasteiger partial charge in [-0.2, -0.15) is 0 Å². The van der Waals surface area contributed by atoms with Crippen LogP contribution in [0.15, 0.2) is 77.7 Å². The summed E-state index contributed by atoms with van der Waals surface area (Å²) in [7, 11) is -1.21. The van der Waals surface area contributed by atoms with Gasteiger partial charge in [0.15, 0.2) is 6.79 Å². The molecule has 3 aromatic carbocycles. The van der Waals surface area contributed by atoms with Gasteiger partial charge in [0.25, 0.3) is 10.0 Å². The van der Waals surface area contributed by atoms with E-state index < -0.39 is 16.0 Å². The summed E-state index contributed by atoms with van der Waals surface area (Å²) in [6, 6.07) is 19.1. The largest absolute Gasteiger partial charge is 0.497 e. The van der Waals surface area contributed by atoms with Crippen molar-refractivity contribution in [1.82, 2.24) is 0 Å². The molecule has 3 rings (SSSR count). The molecule has 35 heavy (non-hydrogen) atoms. The van der Waals surface area contributed by atoms with Crippen LogP contribution in [0, 0.1) is 0 Å². The standard InChI is InChI=1S/C25H27NO8S/c1-31-15-16-33-18-34-23-10-6-9-22(25(27)28)24(23)26(17-19-7-4-3-5-8-19)35(29,30)21-13-11-20(32-2)12-14-21/h3-14H,15-18H2,1-2H3,(H,27,28). The van der Waals surface area contributed by atoms with Crippen molar-refractivity contribution in [2.45, 2.75) is 11.4 Å². The molecule has 186 valence electrons. The average Bonchev–Trinajstić information content (AvgIpc) is 2.87. The molecule has 0 bridgehead atoms. The van der Waals surface area contributed by atoms with Gasteiger partial charge in [0.05, 0.1) is 37.3 Å². The molecule has 0 aliphatic rings. The second kappa shape index (κ2) is 12.2. The van der Waals surface area contributed by atoms with Crippen molar-refractivity contribution in [2.24, 2.45) is 0 Å². The average molecular weight is 502 g/mol. The molecule has 0 aliphatic heterocycles. The molecular weight excluding hydrogens is 474 g/mol. The summed E-state index contributed by atoms with van der Waals surface area (Å²) in [5.41, 5.74) is 0.328. The molecule has 0 unspecified atom stereocenters. The summed E-state index contributed by atoms with van der Waals surface area (Å²) in [6.45, 7) is 0.251. The maximum atomic E-state index is 13.9. The molecule has 3 aromatic rings. The van der Waals surface area contributed by atoms with E-state index in [0.717, 1.165) is 4.31 Å². The van der Waals surface area contributed by atoms with E-state index in [1.807, 2.05) is 6.07 Å². The van der Waals surface area contributed by atoms with Crippen LogP contribution in [-0.2, 0) is 26.0 Å². The smallest absolute Gasteiger partial charge is 0.337 e. The van der Waals surface area contributed by atoms with E-state index in [4.69, 9.17) is 18.9 Å². The Hall–Kier alpha value is -3.60. The SMILES string of the molecule is COCCOCOc1cccc(C(=O)O)c1N(Cc1ccccc1)S(=O)(=O)c1ccc(OC)cc1. The van der Waals surface area contributed by atoms with Gasteiger partial charge in [-0.3, -0.25) is 4.31 Å². The number of carboxylic acid groups (broad SMARTS) is 1. The van der Waals surface area contributed by atoms with Gasteiger partial charge in [0.2, 0.25) is 0 Å². The Morgan fingerprint density at radius 3 is 2.26 bits per heavy atom. The number of carboxylic acids is 1. The summed E-state index contributed by atoms with van der Waals surface area (Å²) in [4.78, 5) is 12.1. The fraction of sp³-hybridized carbons (Fsp3) is 0.240. The van der Waals surface area contributed by atoms with Crippen molar-refractivity contribution in [1.29, 1.82) is 0 Å². The van der Waals surface area contributed by atoms with E-state index in [2.05, 4.69) is 0 Å². The molecule has 0 aromatic heterocycles. The first-order valence-corrected chi connectivity index (χ1v) is 12.1. The van der Waals surface area contributed by atoms with Gasteiger partial charge < -0.3 is 24.1 Å². The second-order valence-corrected chi connectivity index (χ2v) is 9.16. The zero-order valence-corrected chi connectivity index (χ0v) is 20.2. The van der Waals surface area contributed by atoms with Crippen LogP contribution in [0.5, 0.6) is 11.5 Å². The maximum absolute atomic E-state index is 13.9. The zero-order chi connectivity index (χ0) is 25.3. The molecule has 9 nitrogen and oxygen atoms in total. The lowest BCUT2D eigenvalue weighted by Gasteiger charge is -2.28. The van der Waals surface area contributed by atoms with Gasteiger partial charge in [-0.1, -0.05) is 36.4 Å². The van der Waals surface area contributed by atoms with Gasteiger partial charge in [0.1, 0.15) is 17.2 Å². The first kappa shape index (κ1) is 26.0. The summed E-state index contributed by atoms with van der Waals surface area (Å²) in [5, 5.41) is 9.91. The molecule has 0 amide bonds. The third kappa shape index (κ3) is 6.50. The number of anilines is 1. The second-order valence-electron chi connectivity index (χ2n) is 7.29. The Morgan fingerprint density at radius 2 is 1.63 bits per heavy atom. The molecule has 0 saturated heterocycles. The number of sulfonamides is 1. The van der Waals surface area contributed by atoms with E-state index in [1.54, 1.807) is 24.3 Å². The number of nitrogens with zero attached hydrogens (tertiary/aromatic N) is 1. The van der Waals surface area contributed by atoms with E-state index in [9.17, 15) is 18.3 Å². The molecule has 0 radical (unpaired) electrons. The van der Waals surface area contributed by atoms with Crippen LogP contribution in [0.2, 0.25) is 0 Å². The summed E-state index contributed by atoms with van der Waals surface area (Å²) >= 11 is 0. The summed E-state index contributed by atoms with van der Waals surface area (Å²) < 4.78 is 49.9. The predicted molar refractivity (Wildman–Crippen MR) is 130 cm³/mol. The molecule has 10 heteroatoms. The predicted octanol–water partition coefficient (Wildman–Crippen LogP) is 3.79. The third-order valence-electron chi connectivity index (χ3n) is 5.02. The lowest BCUT2D eigenvalue weighted by molar-refractivity contribution is -0.00827. The van der Waals surface area contributed by atoms with Crippen LogP contribution in [0.1, 0.15) is 15.9 Å². The van der Waals surface area contributed by atoms with Crippen molar-refractivity contribution < 1.29 is 37.3 Å². The van der Waals surface area contributed by atoms with Gasteiger partial charge >= 0.3 is 5.97 Å². The fourth-order valence-corrected chi connectivity index (χ4v) is 4.77. The highest BCUT2D eigenvalue weighted by Crippen LogP contribution is 2.37. The number of hydrogen-bond donors (Lipinski definition) is 1. The molecular formula is C25H27NO8S. The molecule has 0 fully saturated rings. The number of para-hydroxylation sites is 1. The Balaban J connectivity index is 2.12. The fourth-order valence-electron chi connectivity index (χ4n) is 3.28. The van der Waals surface area contributed by atoms with Gasteiger partial charge in [-0.25, -0.2) is 13.2 Å². The van der Waals surface area contributed by atoms with Crippen molar-refractivity contribution in [3.63, 3.8) is 0 Å². The Bertz CT molecular complexity index is 1210. The topological polar surface area (TPSA) is 112 Å². The van der Waals surface area contributed by atoms with E-state index in [1.165, 1.54) is 56.7 Å². The number of benzene rings is 3. The maximum Gasteiger partial charge on any atom is 0.337 e. The lowest BCUT2D eigenvalue weighted by atomic mass is 10.1. The quantitative estimate of drug-likeness (QED) is 0.278. The number of hydrogen-bond acceptors (Lipinski definition) is 7. The van der Waals surface area contributed by atoms with E-state index in [0.29, 0.717) is 17.9 Å². The van der Waals surface area contributed by atoms with Crippen LogP contribution in [0.4, 0.5) is 5.69 Å². The van der Waals surface area contributed by atoms with Crippen LogP contribution >= 0.6 is 0 Å². The van der Waals surface area contributed by atoms with Gasteiger partial charge in [-0.05, 0) is 42.0 Å². The molecule has 0 aliphatic carbocycles. The number of ether oxygens (including phenoxy) is 4. The van der Waals surface area contributed by atoms with Crippen molar-refractivity contribution >= 4 is 21.7 Å². The highest BCUT2D eigenvalue weighted by Gasteiger charge is 2.31. The van der Waals surface area contributed by atoms with Gasteiger partial charge in [-0.15, -0.1) is 0 Å². The van der Waals surface area contributed by atoms with E-state index in [-0.39, 0.29) is 41.8 Å². The van der Waals surface area contributed by atoms with Crippen LogP contribution in [0.3, 0.4) is 0 Å². The van der Waals surface area contributed by atoms with Crippen LogP contribution in [-0.4, -0.2) is 53.7 Å². The minimum atomic E-state index is -4.22. The first-order valence-electron chi connectivity index (χ1n) is 10.6. The Labute approximate surface area is 204 Å². The monoisotopic (exact) mass is 501 g/mol. The molecule has 0 spiro atoms. The van der Waals surface area contributed by atoms with Crippen molar-refractivity contribution in [2.75, 3.05) is 38.5 Å². The highest BCUT2D eigenvalue weighted by atomic mass is 32.2. The summed E-state index contributed by atoms with van der Waals surface area (Å²) in [6.07, 6.45) is 0. The summed E-state index contributed by atoms with van der Waals surface area (Å²) in [5.74, 6) is -0.759. The zero-order valence-electron chi connectivity index (χ0n) is 19.4. The van der Waals surface area contributed by atoms with Gasteiger partial charge in [0, 0.05) is 7.11 Å². The lowest BCUT2D eigenvalue weighted by Crippen LogP contribution is -2.32. The Morgan fingerprint density at radius 1 is 0.914 bits per heavy atom.